The molecule has 0 unspecified atom stereocenters. The van der Waals surface area contributed by atoms with Crippen molar-refractivity contribution in [3.05, 3.63) is 42.2 Å². The van der Waals surface area contributed by atoms with Crippen LogP contribution in [0.1, 0.15) is 25.6 Å². The van der Waals surface area contributed by atoms with Crippen molar-refractivity contribution in [2.75, 3.05) is 30.8 Å². The van der Waals surface area contributed by atoms with Crippen molar-refractivity contribution < 1.29 is 8.42 Å². The largest absolute Gasteiger partial charge is 0.356 e. The van der Waals surface area contributed by atoms with Gasteiger partial charge >= 0.3 is 0 Å². The molecule has 29 heavy (non-hydrogen) atoms. The maximum atomic E-state index is 12.2. The first-order chi connectivity index (χ1) is 13.9. The van der Waals surface area contributed by atoms with Gasteiger partial charge in [-0.1, -0.05) is 30.3 Å². The Kier molecular flexibility index (Phi) is 5.59. The molecule has 0 bridgehead atoms. The zero-order valence-corrected chi connectivity index (χ0v) is 18.6. The number of aromatic nitrogens is 2. The van der Waals surface area contributed by atoms with Gasteiger partial charge in [0.1, 0.15) is 16.5 Å². The van der Waals surface area contributed by atoms with Crippen LogP contribution in [-0.2, 0) is 10.0 Å². The van der Waals surface area contributed by atoms with Crippen LogP contribution in [0.4, 0.5) is 5.82 Å². The van der Waals surface area contributed by atoms with Gasteiger partial charge in [-0.3, -0.25) is 0 Å². The lowest BCUT2D eigenvalue weighted by Crippen LogP contribution is -2.46. The molecule has 1 fully saturated rings. The van der Waals surface area contributed by atoms with Gasteiger partial charge in [-0.25, -0.2) is 22.7 Å². The molecule has 1 aromatic carbocycles. The standard InChI is InChI=1S/C21H26N4O2S2/c1-4-29(26,27)24(3)17-10-12-25(13-11-17)20-18-14-19(16-8-6-5-7-9-16)28-21(18)23-15(2)22-20/h5-9,14,17H,4,10-13H2,1-3H3. The highest BCUT2D eigenvalue weighted by Crippen LogP contribution is 2.37. The van der Waals surface area contributed by atoms with E-state index in [1.807, 2.05) is 25.1 Å². The molecular weight excluding hydrogens is 404 g/mol. The first-order valence-electron chi connectivity index (χ1n) is 9.93. The van der Waals surface area contributed by atoms with E-state index >= 15 is 0 Å². The van der Waals surface area contributed by atoms with Crippen LogP contribution in [0.5, 0.6) is 0 Å². The molecule has 8 heteroatoms. The molecule has 0 spiro atoms. The molecule has 0 N–H and O–H groups in total. The van der Waals surface area contributed by atoms with Crippen LogP contribution in [0.25, 0.3) is 20.7 Å². The SMILES string of the molecule is CCS(=O)(=O)N(C)C1CCN(c2nc(C)nc3sc(-c4ccccc4)cc23)CC1. The lowest BCUT2D eigenvalue weighted by atomic mass is 10.1. The first kappa shape index (κ1) is 20.3. The fourth-order valence-corrected chi connectivity index (χ4v) is 6.02. The van der Waals surface area contributed by atoms with Gasteiger partial charge in [0, 0.05) is 31.1 Å². The number of rotatable bonds is 5. The topological polar surface area (TPSA) is 66.4 Å². The second-order valence-electron chi connectivity index (χ2n) is 7.42. The number of hydrogen-bond donors (Lipinski definition) is 0. The molecule has 6 nitrogen and oxygen atoms in total. The smallest absolute Gasteiger partial charge is 0.213 e. The monoisotopic (exact) mass is 430 g/mol. The van der Waals surface area contributed by atoms with E-state index in [2.05, 4.69) is 28.1 Å². The van der Waals surface area contributed by atoms with Gasteiger partial charge in [-0.2, -0.15) is 0 Å². The van der Waals surface area contributed by atoms with Gasteiger partial charge in [-0.15, -0.1) is 11.3 Å². The van der Waals surface area contributed by atoms with Crippen molar-refractivity contribution in [2.45, 2.75) is 32.7 Å². The minimum atomic E-state index is -3.16. The quantitative estimate of drug-likeness (QED) is 0.614. The van der Waals surface area contributed by atoms with E-state index in [0.29, 0.717) is 0 Å². The molecule has 0 radical (unpaired) electrons. The predicted octanol–water partition coefficient (Wildman–Crippen LogP) is 3.92. The van der Waals surface area contributed by atoms with Gasteiger partial charge in [-0.05, 0) is 38.3 Å². The summed E-state index contributed by atoms with van der Waals surface area (Å²) in [5.41, 5.74) is 1.18. The van der Waals surface area contributed by atoms with E-state index in [1.165, 1.54) is 10.4 Å². The summed E-state index contributed by atoms with van der Waals surface area (Å²) in [6.07, 6.45) is 1.60. The van der Waals surface area contributed by atoms with Crippen LogP contribution >= 0.6 is 11.3 Å². The molecule has 154 valence electrons. The summed E-state index contributed by atoms with van der Waals surface area (Å²) >= 11 is 1.69. The summed E-state index contributed by atoms with van der Waals surface area (Å²) < 4.78 is 26.0. The summed E-state index contributed by atoms with van der Waals surface area (Å²) in [4.78, 5) is 13.9. The normalized spacial score (nSPS) is 16.1. The molecule has 2 aromatic heterocycles. The molecule has 3 aromatic rings. The van der Waals surface area contributed by atoms with Crippen LogP contribution in [0.3, 0.4) is 0 Å². The summed E-state index contributed by atoms with van der Waals surface area (Å²) in [6, 6.07) is 12.6. The molecule has 0 atom stereocenters. The van der Waals surface area contributed by atoms with Crippen LogP contribution < -0.4 is 4.90 Å². The molecule has 1 aliphatic heterocycles. The van der Waals surface area contributed by atoms with Crippen molar-refractivity contribution in [3.63, 3.8) is 0 Å². The van der Waals surface area contributed by atoms with Crippen LogP contribution in [0.2, 0.25) is 0 Å². The van der Waals surface area contributed by atoms with Gasteiger partial charge < -0.3 is 4.90 Å². The van der Waals surface area contributed by atoms with E-state index in [1.54, 1.807) is 29.6 Å². The number of hydrogen-bond acceptors (Lipinski definition) is 6. The molecule has 1 aliphatic rings. The predicted molar refractivity (Wildman–Crippen MR) is 120 cm³/mol. The van der Waals surface area contributed by atoms with E-state index in [9.17, 15) is 8.42 Å². The summed E-state index contributed by atoms with van der Waals surface area (Å²) in [7, 11) is -1.45. The van der Waals surface area contributed by atoms with E-state index in [-0.39, 0.29) is 11.8 Å². The number of nitrogens with zero attached hydrogens (tertiary/aromatic N) is 4. The Morgan fingerprint density at radius 3 is 2.52 bits per heavy atom. The average molecular weight is 431 g/mol. The highest BCUT2D eigenvalue weighted by atomic mass is 32.2. The molecule has 0 amide bonds. The highest BCUT2D eigenvalue weighted by Gasteiger charge is 2.30. The molecular formula is C21H26N4O2S2. The van der Waals surface area contributed by atoms with Gasteiger partial charge in [0.25, 0.3) is 0 Å². The Morgan fingerprint density at radius 1 is 1.17 bits per heavy atom. The maximum absolute atomic E-state index is 12.2. The van der Waals surface area contributed by atoms with Crippen molar-refractivity contribution >= 4 is 37.4 Å². The van der Waals surface area contributed by atoms with E-state index < -0.39 is 10.0 Å². The Bertz CT molecular complexity index is 1100. The van der Waals surface area contributed by atoms with Crippen molar-refractivity contribution in [2.24, 2.45) is 0 Å². The Hall–Kier alpha value is -2.03. The number of piperidine rings is 1. The number of anilines is 1. The zero-order chi connectivity index (χ0) is 20.6. The van der Waals surface area contributed by atoms with Gasteiger partial charge in [0.2, 0.25) is 10.0 Å². The average Bonchev–Trinajstić information content (AvgIpc) is 3.17. The first-order valence-corrected chi connectivity index (χ1v) is 12.4. The third kappa shape index (κ3) is 4.01. The minimum absolute atomic E-state index is 0.0528. The second kappa shape index (κ2) is 8.01. The van der Waals surface area contributed by atoms with E-state index in [0.717, 1.165) is 47.8 Å². The third-order valence-electron chi connectivity index (χ3n) is 5.62. The minimum Gasteiger partial charge on any atom is -0.356 e. The van der Waals surface area contributed by atoms with Crippen LogP contribution in [0, 0.1) is 6.92 Å². The fraction of sp³-hybridized carbons (Fsp3) is 0.429. The second-order valence-corrected chi connectivity index (χ2v) is 10.8. The van der Waals surface area contributed by atoms with E-state index in [4.69, 9.17) is 4.98 Å². The highest BCUT2D eigenvalue weighted by molar-refractivity contribution is 7.89. The van der Waals surface area contributed by atoms with Crippen LogP contribution in [0.15, 0.2) is 36.4 Å². The Balaban J connectivity index is 1.61. The lowest BCUT2D eigenvalue weighted by Gasteiger charge is -2.36. The summed E-state index contributed by atoms with van der Waals surface area (Å²) in [5.74, 6) is 1.87. The fourth-order valence-electron chi connectivity index (χ4n) is 3.87. The van der Waals surface area contributed by atoms with Crippen molar-refractivity contribution in [1.29, 1.82) is 0 Å². The number of aryl methyl sites for hydroxylation is 1. The Labute approximate surface area is 176 Å². The van der Waals surface area contributed by atoms with Crippen molar-refractivity contribution in [3.8, 4) is 10.4 Å². The zero-order valence-electron chi connectivity index (χ0n) is 17.0. The summed E-state index contributed by atoms with van der Waals surface area (Å²) in [5, 5.41) is 1.08. The van der Waals surface area contributed by atoms with Crippen LogP contribution in [-0.4, -0.2) is 54.6 Å². The maximum Gasteiger partial charge on any atom is 0.213 e. The Morgan fingerprint density at radius 2 is 1.86 bits per heavy atom. The molecule has 3 heterocycles. The third-order valence-corrected chi connectivity index (χ3v) is 8.61. The summed E-state index contributed by atoms with van der Waals surface area (Å²) in [6.45, 7) is 5.20. The molecule has 4 rings (SSSR count). The lowest BCUT2D eigenvalue weighted by molar-refractivity contribution is 0.312. The number of fused-ring (bicyclic) bond motifs is 1. The number of sulfonamides is 1. The van der Waals surface area contributed by atoms with Crippen molar-refractivity contribution in [1.82, 2.24) is 14.3 Å². The molecule has 0 saturated carbocycles. The van der Waals surface area contributed by atoms with Gasteiger partial charge in [0.05, 0.1) is 11.1 Å². The molecule has 1 saturated heterocycles. The number of thiophene rings is 1. The molecule has 0 aliphatic carbocycles. The van der Waals surface area contributed by atoms with Gasteiger partial charge in [0.15, 0.2) is 0 Å². The number of benzene rings is 1.